The van der Waals surface area contributed by atoms with Crippen molar-refractivity contribution in [1.29, 1.82) is 5.26 Å². The summed E-state index contributed by atoms with van der Waals surface area (Å²) in [5.74, 6) is 1.50. The fraction of sp³-hybridized carbons (Fsp3) is 0.158. The number of methoxy groups -OCH3 is 1. The van der Waals surface area contributed by atoms with Crippen LogP contribution in [-0.2, 0) is 0 Å². The van der Waals surface area contributed by atoms with Gasteiger partial charge in [-0.05, 0) is 29.1 Å². The van der Waals surface area contributed by atoms with E-state index in [9.17, 15) is 5.26 Å². The van der Waals surface area contributed by atoms with E-state index in [1.165, 1.54) is 0 Å². The topological polar surface area (TPSA) is 115 Å². The van der Waals surface area contributed by atoms with E-state index in [1.807, 2.05) is 29.6 Å². The average molecular weight is 394 g/mol. The number of aromatic nitrogens is 2. The van der Waals surface area contributed by atoms with Gasteiger partial charge in [0, 0.05) is 0 Å². The van der Waals surface area contributed by atoms with Gasteiger partial charge in [0.25, 0.3) is 0 Å². The molecule has 1 atom stereocenters. The Hall–Kier alpha value is -3.64. The first-order chi connectivity index (χ1) is 13.7. The maximum Gasteiger partial charge on any atom is 0.244 e. The Balaban J connectivity index is 1.75. The molecule has 0 aliphatic carbocycles. The summed E-state index contributed by atoms with van der Waals surface area (Å²) in [5, 5.41) is 19.1. The zero-order valence-corrected chi connectivity index (χ0v) is 15.5. The fourth-order valence-corrected chi connectivity index (χ4v) is 4.24. The van der Waals surface area contributed by atoms with Crippen molar-refractivity contribution in [2.24, 2.45) is 5.73 Å². The summed E-state index contributed by atoms with van der Waals surface area (Å²) in [5.41, 5.74) is 8.64. The number of aromatic amines is 1. The Labute approximate surface area is 163 Å². The highest BCUT2D eigenvalue weighted by molar-refractivity contribution is 7.13. The summed E-state index contributed by atoms with van der Waals surface area (Å²) in [6.45, 7) is 0.114. The van der Waals surface area contributed by atoms with Gasteiger partial charge in [0.15, 0.2) is 11.5 Å². The van der Waals surface area contributed by atoms with E-state index in [0.29, 0.717) is 28.7 Å². The molecule has 4 heterocycles. The van der Waals surface area contributed by atoms with E-state index < -0.39 is 5.92 Å². The minimum Gasteiger partial charge on any atom is -0.493 e. The lowest BCUT2D eigenvalue weighted by molar-refractivity contribution is 0.171. The lowest BCUT2D eigenvalue weighted by Gasteiger charge is -2.24. The highest BCUT2D eigenvalue weighted by Crippen LogP contribution is 2.50. The number of nitrogens with zero attached hydrogens (tertiary/aromatic N) is 2. The van der Waals surface area contributed by atoms with Crippen LogP contribution in [0.3, 0.4) is 0 Å². The van der Waals surface area contributed by atoms with E-state index in [2.05, 4.69) is 16.3 Å². The van der Waals surface area contributed by atoms with Gasteiger partial charge in [-0.3, -0.25) is 5.10 Å². The van der Waals surface area contributed by atoms with Crippen molar-refractivity contribution in [2.45, 2.75) is 5.92 Å². The molecule has 1 aromatic carbocycles. The number of H-pyrrole nitrogens is 1. The largest absolute Gasteiger partial charge is 0.493 e. The van der Waals surface area contributed by atoms with Crippen molar-refractivity contribution < 1.29 is 18.9 Å². The Morgan fingerprint density at radius 1 is 1.39 bits per heavy atom. The molecule has 0 fully saturated rings. The minimum atomic E-state index is -0.493. The van der Waals surface area contributed by atoms with E-state index in [1.54, 1.807) is 18.4 Å². The van der Waals surface area contributed by atoms with Gasteiger partial charge in [-0.25, -0.2) is 0 Å². The zero-order valence-electron chi connectivity index (χ0n) is 14.7. The smallest absolute Gasteiger partial charge is 0.244 e. The van der Waals surface area contributed by atoms with Crippen molar-refractivity contribution in [2.75, 3.05) is 13.9 Å². The lowest BCUT2D eigenvalue weighted by atomic mass is 9.83. The molecule has 0 radical (unpaired) electrons. The van der Waals surface area contributed by atoms with Crippen LogP contribution in [0.15, 0.2) is 41.1 Å². The molecule has 8 nitrogen and oxygen atoms in total. The monoisotopic (exact) mass is 394 g/mol. The molecule has 0 unspecified atom stereocenters. The number of benzene rings is 1. The van der Waals surface area contributed by atoms with Gasteiger partial charge in [-0.15, -0.1) is 16.4 Å². The molecule has 0 amide bonds. The molecular weight excluding hydrogens is 380 g/mol. The van der Waals surface area contributed by atoms with Crippen molar-refractivity contribution in [3.8, 4) is 39.8 Å². The minimum absolute atomic E-state index is 0.0286. The Bertz CT molecular complexity index is 1140. The van der Waals surface area contributed by atoms with Crippen LogP contribution in [0.2, 0.25) is 0 Å². The molecule has 0 spiro atoms. The first-order valence-corrected chi connectivity index (χ1v) is 9.26. The molecule has 0 bridgehead atoms. The van der Waals surface area contributed by atoms with Gasteiger partial charge in [0.1, 0.15) is 11.6 Å². The summed E-state index contributed by atoms with van der Waals surface area (Å²) in [6, 6.07) is 9.77. The van der Waals surface area contributed by atoms with Crippen LogP contribution in [0, 0.1) is 11.3 Å². The van der Waals surface area contributed by atoms with Crippen LogP contribution in [-0.4, -0.2) is 24.1 Å². The van der Waals surface area contributed by atoms with E-state index in [0.717, 1.165) is 21.7 Å². The molecule has 5 rings (SSSR count). The average Bonchev–Trinajstić information content (AvgIpc) is 3.45. The number of hydrogen-bond acceptors (Lipinski definition) is 8. The number of nitrogens with one attached hydrogen (secondary N) is 1. The highest BCUT2D eigenvalue weighted by atomic mass is 32.1. The number of thiophene rings is 1. The third kappa shape index (κ3) is 2.32. The van der Waals surface area contributed by atoms with Crippen LogP contribution < -0.4 is 24.7 Å². The number of hydrogen-bond donors (Lipinski definition) is 2. The zero-order chi connectivity index (χ0) is 19.3. The molecule has 2 aliphatic rings. The lowest BCUT2D eigenvalue weighted by Crippen LogP contribution is -2.21. The number of ether oxygens (including phenoxy) is 4. The van der Waals surface area contributed by atoms with E-state index >= 15 is 0 Å². The van der Waals surface area contributed by atoms with Crippen molar-refractivity contribution in [3.63, 3.8) is 0 Å². The molecule has 3 N–H and O–H groups in total. The van der Waals surface area contributed by atoms with E-state index in [-0.39, 0.29) is 12.7 Å². The molecule has 2 aromatic heterocycles. The standard InChI is InChI=1S/C19H14N4O4S/c1-24-11-5-9(6-12-17(11)26-8-25-12)14-10(7-20)18(21)27-19-15(14)16(22-23-19)13-3-2-4-28-13/h2-6,14H,8,21H2,1H3,(H,22,23)/t14-/m0/s1. The molecule has 2 aliphatic heterocycles. The van der Waals surface area contributed by atoms with Crippen LogP contribution in [0.4, 0.5) is 0 Å². The number of allylic oxidation sites excluding steroid dienone is 1. The van der Waals surface area contributed by atoms with Crippen molar-refractivity contribution in [1.82, 2.24) is 10.2 Å². The predicted octanol–water partition coefficient (Wildman–Crippen LogP) is 3.09. The first-order valence-electron chi connectivity index (χ1n) is 8.38. The molecule has 28 heavy (non-hydrogen) atoms. The number of fused-ring (bicyclic) bond motifs is 2. The second-order valence-electron chi connectivity index (χ2n) is 6.18. The number of nitrogens with two attached hydrogens (primary N) is 1. The quantitative estimate of drug-likeness (QED) is 0.701. The summed E-state index contributed by atoms with van der Waals surface area (Å²) < 4.78 is 22.1. The predicted molar refractivity (Wildman–Crippen MR) is 100 cm³/mol. The Kier molecular flexibility index (Phi) is 3.67. The third-order valence-electron chi connectivity index (χ3n) is 4.72. The maximum absolute atomic E-state index is 9.81. The second kappa shape index (κ2) is 6.21. The van der Waals surface area contributed by atoms with Crippen LogP contribution in [0.25, 0.3) is 10.6 Å². The molecule has 3 aromatic rings. The SMILES string of the molecule is COc1cc([C@H]2C(C#N)=C(N)Oc3n[nH]c(-c4cccs4)c32)cc2c1OCO2. The van der Waals surface area contributed by atoms with Crippen LogP contribution in [0.1, 0.15) is 17.0 Å². The number of nitriles is 1. The van der Waals surface area contributed by atoms with Gasteiger partial charge < -0.3 is 24.7 Å². The highest BCUT2D eigenvalue weighted by Gasteiger charge is 2.37. The molecular formula is C19H14N4O4S. The Morgan fingerprint density at radius 3 is 3.04 bits per heavy atom. The van der Waals surface area contributed by atoms with E-state index in [4.69, 9.17) is 24.7 Å². The van der Waals surface area contributed by atoms with Crippen LogP contribution in [0.5, 0.6) is 23.1 Å². The van der Waals surface area contributed by atoms with Gasteiger partial charge in [-0.1, -0.05) is 6.07 Å². The normalized spacial score (nSPS) is 17.1. The molecule has 0 saturated carbocycles. The van der Waals surface area contributed by atoms with Crippen LogP contribution >= 0.6 is 11.3 Å². The maximum atomic E-state index is 9.81. The fourth-order valence-electron chi connectivity index (χ4n) is 3.50. The number of rotatable bonds is 3. The first kappa shape index (κ1) is 16.5. The van der Waals surface area contributed by atoms with Crippen molar-refractivity contribution >= 4 is 11.3 Å². The van der Waals surface area contributed by atoms with Gasteiger partial charge in [0.05, 0.1) is 29.2 Å². The van der Waals surface area contributed by atoms with Gasteiger partial charge in [0.2, 0.25) is 24.3 Å². The summed E-state index contributed by atoms with van der Waals surface area (Å²) >= 11 is 1.56. The summed E-state index contributed by atoms with van der Waals surface area (Å²) in [6.07, 6.45) is 0. The molecule has 140 valence electrons. The second-order valence-corrected chi connectivity index (χ2v) is 7.12. The third-order valence-corrected chi connectivity index (χ3v) is 5.61. The van der Waals surface area contributed by atoms with Gasteiger partial charge >= 0.3 is 0 Å². The van der Waals surface area contributed by atoms with Crippen molar-refractivity contribution in [3.05, 3.63) is 52.2 Å². The summed E-state index contributed by atoms with van der Waals surface area (Å²) in [4.78, 5) is 0.979. The molecule has 0 saturated heterocycles. The van der Waals surface area contributed by atoms with Gasteiger partial charge in [-0.2, -0.15) is 5.26 Å². The Morgan fingerprint density at radius 2 is 2.29 bits per heavy atom. The summed E-state index contributed by atoms with van der Waals surface area (Å²) in [7, 11) is 1.56. The molecule has 9 heteroatoms.